The van der Waals surface area contributed by atoms with E-state index in [4.69, 9.17) is 24.1 Å². The third-order valence-electron chi connectivity index (χ3n) is 11.5. The van der Waals surface area contributed by atoms with E-state index in [2.05, 4.69) is 144 Å². The van der Waals surface area contributed by atoms with Crippen LogP contribution in [-0.2, 0) is 0 Å². The standard InChI is InChI=1S/C51H32N4O2/c1-3-13-31(14-4-1)32-25-27-33(28-26-32)49-52-50(38-19-11-23-43-45(38)36-18-8-10-22-42(36)56-43)54-51(53-49)39-20-12-24-44-46(39)37-29-30-41-47(48(37)57-44)35-17-7-9-21-40(35)55(41)34-15-5-2-6-16-34/h1-30,37,48H. The van der Waals surface area contributed by atoms with Gasteiger partial charge in [-0.3, -0.25) is 0 Å². The summed E-state index contributed by atoms with van der Waals surface area (Å²) in [6, 6.07) is 58.5. The van der Waals surface area contributed by atoms with Crippen LogP contribution >= 0.6 is 0 Å². The van der Waals surface area contributed by atoms with Crippen molar-refractivity contribution in [2.75, 3.05) is 0 Å². The summed E-state index contributed by atoms with van der Waals surface area (Å²) in [5.74, 6) is 2.57. The van der Waals surface area contributed by atoms with Gasteiger partial charge in [0.25, 0.3) is 0 Å². The highest BCUT2D eigenvalue weighted by Gasteiger charge is 2.42. The molecule has 0 N–H and O–H groups in total. The minimum absolute atomic E-state index is 0.0474. The van der Waals surface area contributed by atoms with Crippen molar-refractivity contribution in [2.45, 2.75) is 12.0 Å². The molecule has 0 saturated heterocycles. The molecule has 0 fully saturated rings. The van der Waals surface area contributed by atoms with Crippen LogP contribution in [-0.4, -0.2) is 19.5 Å². The maximum Gasteiger partial charge on any atom is 0.164 e. The van der Waals surface area contributed by atoms with Gasteiger partial charge in [0.2, 0.25) is 0 Å². The minimum atomic E-state index is -0.214. The Kier molecular flexibility index (Phi) is 6.95. The Morgan fingerprint density at radius 3 is 1.95 bits per heavy atom. The Morgan fingerprint density at radius 1 is 0.474 bits per heavy atom. The van der Waals surface area contributed by atoms with Crippen molar-refractivity contribution in [3.63, 3.8) is 0 Å². The molecule has 2 unspecified atom stereocenters. The first-order valence-electron chi connectivity index (χ1n) is 19.3. The van der Waals surface area contributed by atoms with E-state index in [0.717, 1.165) is 78.0 Å². The Labute approximate surface area is 328 Å². The van der Waals surface area contributed by atoms with Gasteiger partial charge in [0.15, 0.2) is 17.5 Å². The van der Waals surface area contributed by atoms with Crippen LogP contribution in [0.1, 0.15) is 28.8 Å². The zero-order chi connectivity index (χ0) is 37.5. The molecule has 0 saturated carbocycles. The van der Waals surface area contributed by atoms with E-state index < -0.39 is 0 Å². The summed E-state index contributed by atoms with van der Waals surface area (Å²) in [5.41, 5.74) is 12.3. The highest BCUT2D eigenvalue weighted by atomic mass is 16.5. The molecule has 57 heavy (non-hydrogen) atoms. The number of hydrogen-bond acceptors (Lipinski definition) is 5. The number of nitrogens with zero attached hydrogens (tertiary/aromatic N) is 4. The first kappa shape index (κ1) is 31.7. The number of ether oxygens (including phenoxy) is 1. The molecule has 0 amide bonds. The molecule has 268 valence electrons. The van der Waals surface area contributed by atoms with E-state index in [1.54, 1.807) is 0 Å². The number of para-hydroxylation sites is 3. The fourth-order valence-corrected chi connectivity index (χ4v) is 8.93. The van der Waals surface area contributed by atoms with Crippen molar-refractivity contribution >= 4 is 38.9 Å². The molecular weight excluding hydrogens is 701 g/mol. The smallest absolute Gasteiger partial charge is 0.164 e. The third kappa shape index (κ3) is 4.94. The Hall–Kier alpha value is -7.57. The van der Waals surface area contributed by atoms with Crippen LogP contribution in [0, 0.1) is 0 Å². The summed E-state index contributed by atoms with van der Waals surface area (Å²) >= 11 is 0. The molecule has 1 aliphatic heterocycles. The lowest BCUT2D eigenvalue weighted by Gasteiger charge is -2.22. The van der Waals surface area contributed by atoms with Crippen LogP contribution in [0.3, 0.4) is 0 Å². The van der Waals surface area contributed by atoms with E-state index in [0.29, 0.717) is 17.5 Å². The van der Waals surface area contributed by atoms with Gasteiger partial charge in [-0.1, -0.05) is 140 Å². The number of fused-ring (bicyclic) bond motifs is 10. The fraction of sp³-hybridized carbons (Fsp3) is 0.0392. The van der Waals surface area contributed by atoms with Gasteiger partial charge in [-0.15, -0.1) is 0 Å². The predicted molar refractivity (Wildman–Crippen MR) is 227 cm³/mol. The van der Waals surface area contributed by atoms with Gasteiger partial charge in [-0.2, -0.15) is 0 Å². The van der Waals surface area contributed by atoms with Gasteiger partial charge in [0.1, 0.15) is 23.0 Å². The van der Waals surface area contributed by atoms with Crippen LogP contribution in [0.5, 0.6) is 5.75 Å². The number of furan rings is 1. The molecule has 6 nitrogen and oxygen atoms in total. The Bertz CT molecular complexity index is 3220. The van der Waals surface area contributed by atoms with E-state index >= 15 is 0 Å². The molecular formula is C51H32N4O2. The molecule has 12 rings (SSSR count). The van der Waals surface area contributed by atoms with E-state index in [1.165, 1.54) is 10.9 Å². The van der Waals surface area contributed by atoms with Crippen molar-refractivity contribution < 1.29 is 9.15 Å². The summed E-state index contributed by atoms with van der Waals surface area (Å²) in [7, 11) is 0. The van der Waals surface area contributed by atoms with Crippen molar-refractivity contribution in [3.8, 4) is 56.7 Å². The quantitative estimate of drug-likeness (QED) is 0.176. The van der Waals surface area contributed by atoms with Gasteiger partial charge in [0.05, 0.1) is 11.2 Å². The summed E-state index contributed by atoms with van der Waals surface area (Å²) in [5, 5.41) is 3.19. The second-order valence-electron chi connectivity index (χ2n) is 14.7. The average Bonchev–Trinajstić information content (AvgIpc) is 3.96. The van der Waals surface area contributed by atoms with Gasteiger partial charge >= 0.3 is 0 Å². The van der Waals surface area contributed by atoms with Crippen molar-refractivity contribution in [1.29, 1.82) is 0 Å². The maximum atomic E-state index is 6.99. The predicted octanol–water partition coefficient (Wildman–Crippen LogP) is 12.6. The number of hydrogen-bond donors (Lipinski definition) is 0. The molecule has 2 atom stereocenters. The topological polar surface area (TPSA) is 66.0 Å². The summed E-state index contributed by atoms with van der Waals surface area (Å²) in [4.78, 5) is 15.8. The van der Waals surface area contributed by atoms with Crippen LogP contribution in [0.2, 0.25) is 0 Å². The maximum absolute atomic E-state index is 6.99. The zero-order valence-corrected chi connectivity index (χ0v) is 30.6. The third-order valence-corrected chi connectivity index (χ3v) is 11.5. The molecule has 10 aromatic rings. The second-order valence-corrected chi connectivity index (χ2v) is 14.7. The molecule has 0 bridgehead atoms. The van der Waals surface area contributed by atoms with E-state index in [1.807, 2.05) is 42.5 Å². The molecule has 2 aliphatic rings. The van der Waals surface area contributed by atoms with Crippen LogP contribution < -0.4 is 4.74 Å². The first-order valence-corrected chi connectivity index (χ1v) is 19.3. The lowest BCUT2D eigenvalue weighted by atomic mass is 9.83. The van der Waals surface area contributed by atoms with Crippen LogP contribution in [0.25, 0.3) is 89.9 Å². The normalized spacial score (nSPS) is 15.4. The highest BCUT2D eigenvalue weighted by molar-refractivity contribution is 6.11. The number of aromatic nitrogens is 4. The molecule has 0 spiro atoms. The summed E-state index contributed by atoms with van der Waals surface area (Å²) in [6.45, 7) is 0. The van der Waals surface area contributed by atoms with Gasteiger partial charge in [0, 0.05) is 55.6 Å². The van der Waals surface area contributed by atoms with E-state index in [9.17, 15) is 0 Å². The van der Waals surface area contributed by atoms with Crippen molar-refractivity contribution in [1.82, 2.24) is 19.5 Å². The fourth-order valence-electron chi connectivity index (χ4n) is 8.93. The highest BCUT2D eigenvalue weighted by Crippen LogP contribution is 2.55. The Balaban J connectivity index is 1.04. The lowest BCUT2D eigenvalue weighted by molar-refractivity contribution is 0.224. The summed E-state index contributed by atoms with van der Waals surface area (Å²) < 4.78 is 15.6. The van der Waals surface area contributed by atoms with Gasteiger partial charge < -0.3 is 13.7 Å². The SMILES string of the molecule is C1=CC2c3c(cccc3-c3nc(-c4ccc(-c5ccccc5)cc4)nc(-c4cccc5oc6ccccc6c45)n3)OC2c2c1n(-c1ccccc1)c1ccccc21. The molecule has 0 radical (unpaired) electrons. The van der Waals surface area contributed by atoms with Crippen LogP contribution in [0.15, 0.2) is 180 Å². The minimum Gasteiger partial charge on any atom is -0.484 e. The first-order chi connectivity index (χ1) is 28.3. The lowest BCUT2D eigenvalue weighted by Crippen LogP contribution is -2.14. The van der Waals surface area contributed by atoms with Crippen molar-refractivity contribution in [3.05, 3.63) is 193 Å². The van der Waals surface area contributed by atoms with Gasteiger partial charge in [-0.05, 0) is 53.6 Å². The number of rotatable bonds is 5. The second kappa shape index (κ2) is 12.5. The molecule has 3 aromatic heterocycles. The largest absolute Gasteiger partial charge is 0.484 e. The van der Waals surface area contributed by atoms with Gasteiger partial charge in [-0.25, -0.2) is 15.0 Å². The molecule has 1 aliphatic carbocycles. The zero-order valence-electron chi connectivity index (χ0n) is 30.6. The van der Waals surface area contributed by atoms with Crippen molar-refractivity contribution in [2.24, 2.45) is 0 Å². The molecule has 4 heterocycles. The molecule has 7 aromatic carbocycles. The average molecular weight is 733 g/mol. The monoisotopic (exact) mass is 732 g/mol. The van der Waals surface area contributed by atoms with E-state index in [-0.39, 0.29) is 12.0 Å². The molecule has 6 heteroatoms. The number of benzene rings is 7. The summed E-state index contributed by atoms with van der Waals surface area (Å²) in [6.07, 6.45) is 4.35. The van der Waals surface area contributed by atoms with Crippen LogP contribution in [0.4, 0.5) is 0 Å². The Morgan fingerprint density at radius 2 is 1.11 bits per heavy atom.